The summed E-state index contributed by atoms with van der Waals surface area (Å²) in [6.07, 6.45) is -3.33. The van der Waals surface area contributed by atoms with E-state index in [2.05, 4.69) is 25.5 Å². The minimum Gasteiger partial charge on any atom is -0.356 e. The van der Waals surface area contributed by atoms with Crippen molar-refractivity contribution < 1.29 is 18.0 Å². The van der Waals surface area contributed by atoms with Gasteiger partial charge >= 0.3 is 6.18 Å². The second kappa shape index (κ2) is 8.41. The topological polar surface area (TPSA) is 90.0 Å². The van der Waals surface area contributed by atoms with Gasteiger partial charge < -0.3 is 5.32 Å². The van der Waals surface area contributed by atoms with Gasteiger partial charge in [0.25, 0.3) is 11.6 Å². The van der Waals surface area contributed by atoms with Crippen molar-refractivity contribution in [3.8, 4) is 0 Å². The van der Waals surface area contributed by atoms with Crippen molar-refractivity contribution in [3.05, 3.63) is 40.2 Å². The van der Waals surface area contributed by atoms with Gasteiger partial charge in [-0.3, -0.25) is 9.48 Å². The highest BCUT2D eigenvalue weighted by Gasteiger charge is 2.36. The number of alkyl halides is 3. The molecule has 0 aliphatic heterocycles. The Hall–Kier alpha value is -2.98. The minimum atomic E-state index is -4.64. The van der Waals surface area contributed by atoms with E-state index in [0.717, 1.165) is 22.3 Å². The maximum absolute atomic E-state index is 12.9. The van der Waals surface area contributed by atoms with Crippen LogP contribution in [0.4, 0.5) is 13.2 Å². The van der Waals surface area contributed by atoms with Gasteiger partial charge in [-0.2, -0.15) is 23.3 Å². The first-order valence-corrected chi connectivity index (χ1v) is 9.64. The van der Waals surface area contributed by atoms with Gasteiger partial charge in [-0.25, -0.2) is 9.50 Å². The molecule has 162 valence electrons. The molecule has 8 nitrogen and oxygen atoms in total. The standard InChI is InChI=1S/C19H24F3N7O/c1-11-10-12(2)28(26-11)9-5-8-23-16(30)7-6-15-13(3)24-18-25-17(19(20,21)22)27-29(18)14(15)4/h10H,5-9H2,1-4H3,(H,23,30). The van der Waals surface area contributed by atoms with E-state index in [4.69, 9.17) is 0 Å². The van der Waals surface area contributed by atoms with Gasteiger partial charge in [0.05, 0.1) is 5.69 Å². The van der Waals surface area contributed by atoms with E-state index in [1.165, 1.54) is 0 Å². The Kier molecular flexibility index (Phi) is 6.09. The average molecular weight is 423 g/mol. The average Bonchev–Trinajstić information content (AvgIpc) is 3.21. The molecule has 0 saturated carbocycles. The van der Waals surface area contributed by atoms with Crippen LogP contribution in [0.2, 0.25) is 0 Å². The summed E-state index contributed by atoms with van der Waals surface area (Å²) in [5.74, 6) is -1.46. The highest BCUT2D eigenvalue weighted by Crippen LogP contribution is 2.27. The number of hydrogen-bond acceptors (Lipinski definition) is 5. The second-order valence-corrected chi connectivity index (χ2v) is 7.26. The second-order valence-electron chi connectivity index (χ2n) is 7.26. The van der Waals surface area contributed by atoms with Gasteiger partial charge in [0.2, 0.25) is 5.91 Å². The number of nitrogens with zero attached hydrogens (tertiary/aromatic N) is 6. The molecule has 0 atom stereocenters. The van der Waals surface area contributed by atoms with Crippen LogP contribution >= 0.6 is 0 Å². The minimum absolute atomic E-state index is 0.102. The molecule has 0 aliphatic rings. The third-order valence-electron chi connectivity index (χ3n) is 4.88. The molecule has 0 unspecified atom stereocenters. The largest absolute Gasteiger partial charge is 0.453 e. The predicted molar refractivity (Wildman–Crippen MR) is 103 cm³/mol. The number of nitrogens with one attached hydrogen (secondary N) is 1. The molecule has 0 aliphatic carbocycles. The molecule has 1 N–H and O–H groups in total. The lowest BCUT2D eigenvalue weighted by atomic mass is 10.1. The lowest BCUT2D eigenvalue weighted by Gasteiger charge is -2.11. The van der Waals surface area contributed by atoms with Crippen molar-refractivity contribution in [2.24, 2.45) is 0 Å². The summed E-state index contributed by atoms with van der Waals surface area (Å²) in [5.41, 5.74) is 3.77. The van der Waals surface area contributed by atoms with Crippen molar-refractivity contribution in [1.29, 1.82) is 0 Å². The van der Waals surface area contributed by atoms with Gasteiger partial charge in [0.1, 0.15) is 0 Å². The number of rotatable bonds is 7. The highest BCUT2D eigenvalue weighted by molar-refractivity contribution is 5.76. The Balaban J connectivity index is 1.57. The van der Waals surface area contributed by atoms with E-state index in [0.29, 0.717) is 36.5 Å². The Morgan fingerprint density at radius 3 is 2.50 bits per heavy atom. The first kappa shape index (κ1) is 21.7. The van der Waals surface area contributed by atoms with E-state index in [1.807, 2.05) is 24.6 Å². The Morgan fingerprint density at radius 2 is 1.87 bits per heavy atom. The van der Waals surface area contributed by atoms with Crippen LogP contribution in [0, 0.1) is 27.7 Å². The zero-order valence-electron chi connectivity index (χ0n) is 17.3. The van der Waals surface area contributed by atoms with Crippen LogP contribution in [-0.4, -0.2) is 41.8 Å². The molecule has 3 aromatic heterocycles. The van der Waals surface area contributed by atoms with Crippen molar-refractivity contribution in [2.75, 3.05) is 6.54 Å². The lowest BCUT2D eigenvalue weighted by Crippen LogP contribution is -2.26. The third-order valence-corrected chi connectivity index (χ3v) is 4.88. The molecule has 0 spiro atoms. The zero-order chi connectivity index (χ0) is 22.1. The lowest BCUT2D eigenvalue weighted by molar-refractivity contribution is -0.144. The van der Waals surface area contributed by atoms with Crippen LogP contribution in [0.5, 0.6) is 0 Å². The third kappa shape index (κ3) is 4.77. The van der Waals surface area contributed by atoms with E-state index < -0.39 is 12.0 Å². The number of hydrogen-bond donors (Lipinski definition) is 1. The maximum Gasteiger partial charge on any atom is 0.453 e. The molecule has 30 heavy (non-hydrogen) atoms. The summed E-state index contributed by atoms with van der Waals surface area (Å²) in [6.45, 7) is 8.50. The van der Waals surface area contributed by atoms with Gasteiger partial charge in [0, 0.05) is 36.6 Å². The summed E-state index contributed by atoms with van der Waals surface area (Å²) in [7, 11) is 0. The van der Waals surface area contributed by atoms with Gasteiger partial charge in [-0.1, -0.05) is 0 Å². The van der Waals surface area contributed by atoms with E-state index in [9.17, 15) is 18.0 Å². The number of carbonyl (C=O) groups excluding carboxylic acids is 1. The molecule has 3 heterocycles. The summed E-state index contributed by atoms with van der Waals surface area (Å²) >= 11 is 0. The van der Waals surface area contributed by atoms with Crippen molar-refractivity contribution in [2.45, 2.75) is 59.7 Å². The van der Waals surface area contributed by atoms with Crippen molar-refractivity contribution in [1.82, 2.24) is 34.7 Å². The molecule has 0 radical (unpaired) electrons. The molecule has 0 bridgehead atoms. The summed E-state index contributed by atoms with van der Waals surface area (Å²) in [5, 5.41) is 10.8. The number of aryl methyl sites for hydroxylation is 5. The maximum atomic E-state index is 12.9. The van der Waals surface area contributed by atoms with Gasteiger partial charge in [-0.05, 0) is 52.2 Å². The normalized spacial score (nSPS) is 12.0. The molecule has 0 saturated heterocycles. The van der Waals surface area contributed by atoms with Crippen LogP contribution in [-0.2, 0) is 23.9 Å². The molecule has 11 heteroatoms. The van der Waals surface area contributed by atoms with Gasteiger partial charge in [-0.15, -0.1) is 5.10 Å². The number of amides is 1. The molecule has 3 aromatic rings. The van der Waals surface area contributed by atoms with E-state index in [1.54, 1.807) is 13.8 Å². The zero-order valence-corrected chi connectivity index (χ0v) is 17.3. The fraction of sp³-hybridized carbons (Fsp3) is 0.526. The predicted octanol–water partition coefficient (Wildman–Crippen LogP) is 2.71. The van der Waals surface area contributed by atoms with Crippen molar-refractivity contribution >= 4 is 11.7 Å². The molecule has 1 amide bonds. The number of halogens is 3. The SMILES string of the molecule is Cc1cc(C)n(CCCNC(=O)CCc2c(C)nc3nc(C(F)(F)F)nn3c2C)n1. The highest BCUT2D eigenvalue weighted by atomic mass is 19.4. The summed E-state index contributed by atoms with van der Waals surface area (Å²) in [6, 6.07) is 2.00. The summed E-state index contributed by atoms with van der Waals surface area (Å²) in [4.78, 5) is 19.8. The fourth-order valence-corrected chi connectivity index (χ4v) is 3.38. The van der Waals surface area contributed by atoms with Crippen LogP contribution in [0.15, 0.2) is 6.07 Å². The quantitative estimate of drug-likeness (QED) is 0.590. The number of aromatic nitrogens is 6. The van der Waals surface area contributed by atoms with Crippen LogP contribution in [0.25, 0.3) is 5.78 Å². The fourth-order valence-electron chi connectivity index (χ4n) is 3.38. The van der Waals surface area contributed by atoms with Crippen LogP contribution < -0.4 is 5.32 Å². The Bertz CT molecular complexity index is 1070. The van der Waals surface area contributed by atoms with Crippen LogP contribution in [0.1, 0.15) is 47.0 Å². The Morgan fingerprint density at radius 1 is 1.13 bits per heavy atom. The first-order valence-electron chi connectivity index (χ1n) is 9.64. The molecule has 3 rings (SSSR count). The number of carbonyl (C=O) groups is 1. The molecular weight excluding hydrogens is 399 g/mol. The molecule has 0 fully saturated rings. The molecular formula is C19H24F3N7O. The Labute approximate surface area is 171 Å². The van der Waals surface area contributed by atoms with Gasteiger partial charge in [0.15, 0.2) is 0 Å². The van der Waals surface area contributed by atoms with E-state index in [-0.39, 0.29) is 18.1 Å². The monoisotopic (exact) mass is 423 g/mol. The van der Waals surface area contributed by atoms with Crippen molar-refractivity contribution in [3.63, 3.8) is 0 Å². The first-order chi connectivity index (χ1) is 14.1. The number of fused-ring (bicyclic) bond motifs is 1. The smallest absolute Gasteiger partial charge is 0.356 e. The van der Waals surface area contributed by atoms with Crippen LogP contribution in [0.3, 0.4) is 0 Å². The summed E-state index contributed by atoms with van der Waals surface area (Å²) < 4.78 is 41.6. The van der Waals surface area contributed by atoms with E-state index >= 15 is 0 Å². The molecule has 0 aromatic carbocycles.